The van der Waals surface area contributed by atoms with Crippen LogP contribution in [0.25, 0.3) is 0 Å². The molecule has 14 nitrogen and oxygen atoms in total. The molecule has 9 N–H and O–H groups in total. The van der Waals surface area contributed by atoms with Crippen molar-refractivity contribution < 1.29 is 64.6 Å². The van der Waals surface area contributed by atoms with E-state index in [1.807, 2.05) is 0 Å². The third kappa shape index (κ3) is 46.7. The molecular weight excluding hydrogens is 1180 g/mol. The van der Waals surface area contributed by atoms with Crippen LogP contribution in [0.1, 0.15) is 335 Å². The van der Waals surface area contributed by atoms with Gasteiger partial charge in [0.05, 0.1) is 32.0 Å². The molecule has 2 saturated heterocycles. The number of aliphatic hydroxyl groups is 8. The number of rotatable bonds is 65. The molecule has 14 heteroatoms. The van der Waals surface area contributed by atoms with Gasteiger partial charge >= 0.3 is 0 Å². The molecule has 12 atom stereocenters. The number of hydrogen-bond acceptors (Lipinski definition) is 13. The van der Waals surface area contributed by atoms with E-state index >= 15 is 0 Å². The van der Waals surface area contributed by atoms with Crippen molar-refractivity contribution in [2.24, 2.45) is 0 Å². The molecule has 94 heavy (non-hydrogen) atoms. The first-order valence-corrected chi connectivity index (χ1v) is 39.2. The van der Waals surface area contributed by atoms with Crippen LogP contribution in [-0.4, -0.2) is 140 Å². The molecule has 0 aromatic rings. The van der Waals surface area contributed by atoms with E-state index in [9.17, 15) is 45.6 Å². The van der Waals surface area contributed by atoms with E-state index in [0.29, 0.717) is 12.8 Å². The Morgan fingerprint density at radius 2 is 0.734 bits per heavy atom. The maximum absolute atomic E-state index is 13.4. The lowest BCUT2D eigenvalue weighted by atomic mass is 9.97. The van der Waals surface area contributed by atoms with Crippen LogP contribution in [0.15, 0.2) is 72.9 Å². The van der Waals surface area contributed by atoms with Crippen molar-refractivity contribution in [2.45, 2.75) is 408 Å². The van der Waals surface area contributed by atoms with Gasteiger partial charge in [-0.1, -0.05) is 337 Å². The van der Waals surface area contributed by atoms with E-state index in [1.165, 1.54) is 218 Å². The van der Waals surface area contributed by atoms with Crippen LogP contribution in [0.4, 0.5) is 0 Å². The summed E-state index contributed by atoms with van der Waals surface area (Å²) in [7, 11) is 0. The molecule has 1 amide bonds. The first-order valence-electron chi connectivity index (χ1n) is 39.2. The van der Waals surface area contributed by atoms with Crippen molar-refractivity contribution in [2.75, 3.05) is 19.8 Å². The van der Waals surface area contributed by atoms with Gasteiger partial charge in [0.25, 0.3) is 0 Å². The van der Waals surface area contributed by atoms with Crippen molar-refractivity contribution in [3.8, 4) is 0 Å². The summed E-state index contributed by atoms with van der Waals surface area (Å²) < 4.78 is 23.0. The molecule has 0 aromatic heterocycles. The lowest BCUT2D eigenvalue weighted by Gasteiger charge is -2.46. The van der Waals surface area contributed by atoms with E-state index in [-0.39, 0.29) is 12.5 Å². The van der Waals surface area contributed by atoms with E-state index in [1.54, 1.807) is 0 Å². The number of ether oxygens (including phenoxy) is 4. The molecule has 548 valence electrons. The van der Waals surface area contributed by atoms with E-state index in [0.717, 1.165) is 89.9 Å². The van der Waals surface area contributed by atoms with Crippen LogP contribution in [-0.2, 0) is 23.7 Å². The molecular formula is C80H145NO13. The minimum atomic E-state index is -1.78. The molecule has 0 spiro atoms. The normalized spacial score (nSPS) is 22.8. The highest BCUT2D eigenvalue weighted by atomic mass is 16.7. The fraction of sp³-hybridized carbons (Fsp3) is 0.838. The number of amides is 1. The minimum Gasteiger partial charge on any atom is -0.394 e. The Hall–Kier alpha value is -2.57. The van der Waals surface area contributed by atoms with Crippen molar-refractivity contribution in [3.05, 3.63) is 72.9 Å². The third-order valence-corrected chi connectivity index (χ3v) is 18.9. The SMILES string of the molecule is CC/C=C\C/C=C\C/C=C\C/C=C\C/C=C\C/C=C\CCCCCCCCCCCCCCCCCCCCCCC(=O)NC(COC1OC(CO)C(OC2OC(CO)C(O)C(O)C2O)C(O)C1O)C(O)CCCCCCCCCCCCCCCCCCCCCCC. The molecule has 2 aliphatic heterocycles. The highest BCUT2D eigenvalue weighted by Crippen LogP contribution is 2.30. The zero-order chi connectivity index (χ0) is 68.0. The summed E-state index contributed by atoms with van der Waals surface area (Å²) in [4.78, 5) is 13.4. The summed E-state index contributed by atoms with van der Waals surface area (Å²) in [5.74, 6) is -0.201. The Balaban J connectivity index is 1.58. The van der Waals surface area contributed by atoms with Crippen LogP contribution in [0.5, 0.6) is 0 Å². The van der Waals surface area contributed by atoms with E-state index in [4.69, 9.17) is 18.9 Å². The fourth-order valence-corrected chi connectivity index (χ4v) is 12.8. The van der Waals surface area contributed by atoms with Crippen molar-refractivity contribution >= 4 is 5.91 Å². The molecule has 2 heterocycles. The lowest BCUT2D eigenvalue weighted by molar-refractivity contribution is -0.359. The fourth-order valence-electron chi connectivity index (χ4n) is 12.8. The van der Waals surface area contributed by atoms with Gasteiger partial charge in [-0.05, 0) is 64.2 Å². The molecule has 0 saturated carbocycles. The topological polar surface area (TPSA) is 228 Å². The maximum Gasteiger partial charge on any atom is 0.220 e. The highest BCUT2D eigenvalue weighted by molar-refractivity contribution is 5.76. The smallest absolute Gasteiger partial charge is 0.220 e. The molecule has 0 bridgehead atoms. The Bertz CT molecular complexity index is 1860. The highest BCUT2D eigenvalue weighted by Gasteiger charge is 2.51. The van der Waals surface area contributed by atoms with Crippen molar-refractivity contribution in [1.29, 1.82) is 0 Å². The van der Waals surface area contributed by atoms with Gasteiger partial charge in [0.15, 0.2) is 12.6 Å². The Morgan fingerprint density at radius 3 is 1.13 bits per heavy atom. The Kier molecular flexibility index (Phi) is 59.4. The maximum atomic E-state index is 13.4. The standard InChI is InChI=1S/C80H145NO13/c1-3-5-7-9-11-13-15-17-19-21-23-25-26-27-28-29-30-31-32-33-34-35-36-37-38-39-40-41-42-44-46-48-50-52-54-56-58-60-62-64-72(85)81-68(69(84)63-61-59-57-55-53-51-49-47-45-43-24-22-20-18-16-14-12-10-8-6-4-2)67-91-79-77(90)75(88)78(71(66-83)93-79)94-80-76(89)74(87)73(86)70(65-82)92-80/h5,7,11,13,17,19,23,25,27-28,30-31,68-71,73-80,82-84,86-90H,3-4,6,8-10,12,14-16,18,20-22,24,26,29,32-67H2,1-2H3,(H,81,85)/b7-5-,13-11-,19-17-,25-23-,28-27-,31-30-. The van der Waals surface area contributed by atoms with Gasteiger partial charge in [0.1, 0.15) is 48.8 Å². The first-order chi connectivity index (χ1) is 46.1. The van der Waals surface area contributed by atoms with Crippen LogP contribution in [0, 0.1) is 0 Å². The van der Waals surface area contributed by atoms with Gasteiger partial charge in [-0.25, -0.2) is 0 Å². The zero-order valence-corrected chi connectivity index (χ0v) is 60.0. The number of hydrogen-bond donors (Lipinski definition) is 9. The molecule has 0 aliphatic carbocycles. The van der Waals surface area contributed by atoms with Gasteiger partial charge in [-0.15, -0.1) is 0 Å². The number of carbonyl (C=O) groups is 1. The number of unbranched alkanes of at least 4 members (excludes halogenated alkanes) is 40. The lowest BCUT2D eigenvalue weighted by Crippen LogP contribution is -2.65. The van der Waals surface area contributed by atoms with Gasteiger partial charge in [0.2, 0.25) is 5.91 Å². The average molecular weight is 1330 g/mol. The number of aliphatic hydroxyl groups excluding tert-OH is 8. The second-order valence-corrected chi connectivity index (χ2v) is 27.5. The summed E-state index contributed by atoms with van der Waals surface area (Å²) in [5, 5.41) is 87.8. The van der Waals surface area contributed by atoms with Gasteiger partial charge in [0, 0.05) is 6.42 Å². The monoisotopic (exact) mass is 1330 g/mol. The predicted octanol–water partition coefficient (Wildman–Crippen LogP) is 17.4. The average Bonchev–Trinajstić information content (AvgIpc) is 0.794. The van der Waals surface area contributed by atoms with Crippen LogP contribution < -0.4 is 5.32 Å². The molecule has 0 radical (unpaired) electrons. The largest absolute Gasteiger partial charge is 0.394 e. The van der Waals surface area contributed by atoms with Gasteiger partial charge in [-0.3, -0.25) is 4.79 Å². The summed E-state index contributed by atoms with van der Waals surface area (Å²) in [6.45, 7) is 2.79. The van der Waals surface area contributed by atoms with Gasteiger partial charge in [-0.2, -0.15) is 0 Å². The van der Waals surface area contributed by atoms with Crippen LogP contribution >= 0.6 is 0 Å². The second-order valence-electron chi connectivity index (χ2n) is 27.5. The third-order valence-electron chi connectivity index (χ3n) is 18.9. The summed E-state index contributed by atoms with van der Waals surface area (Å²) in [6.07, 6.45) is 70.8. The van der Waals surface area contributed by atoms with Crippen LogP contribution in [0.3, 0.4) is 0 Å². The zero-order valence-electron chi connectivity index (χ0n) is 60.0. The molecule has 12 unspecified atom stereocenters. The summed E-state index contributed by atoms with van der Waals surface area (Å²) in [6, 6.07) is -0.831. The molecule has 2 aliphatic rings. The van der Waals surface area contributed by atoms with Crippen molar-refractivity contribution in [1.82, 2.24) is 5.32 Å². The Labute approximate surface area is 574 Å². The van der Waals surface area contributed by atoms with Crippen molar-refractivity contribution in [3.63, 3.8) is 0 Å². The molecule has 2 fully saturated rings. The van der Waals surface area contributed by atoms with E-state index in [2.05, 4.69) is 92.1 Å². The number of carbonyl (C=O) groups excluding carboxylic acids is 1. The number of nitrogens with one attached hydrogen (secondary N) is 1. The number of allylic oxidation sites excluding steroid dienone is 12. The minimum absolute atomic E-state index is 0.201. The van der Waals surface area contributed by atoms with E-state index < -0.39 is 86.8 Å². The Morgan fingerprint density at radius 1 is 0.394 bits per heavy atom. The summed E-state index contributed by atoms with van der Waals surface area (Å²) in [5.41, 5.74) is 0. The molecule has 0 aromatic carbocycles. The molecule has 2 rings (SSSR count). The summed E-state index contributed by atoms with van der Waals surface area (Å²) >= 11 is 0. The van der Waals surface area contributed by atoms with Crippen LogP contribution in [0.2, 0.25) is 0 Å². The first kappa shape index (κ1) is 87.5. The quantitative estimate of drug-likeness (QED) is 0.0204. The predicted molar refractivity (Wildman–Crippen MR) is 387 cm³/mol. The second kappa shape index (κ2) is 63.8. The van der Waals surface area contributed by atoms with Gasteiger partial charge < -0.3 is 65.1 Å².